The van der Waals surface area contributed by atoms with Crippen molar-refractivity contribution >= 4 is 23.1 Å². The number of rotatable bonds is 3. The Balaban J connectivity index is 1.49. The molecular weight excluding hydrogens is 290 g/mol. The van der Waals surface area contributed by atoms with Crippen molar-refractivity contribution in [2.75, 3.05) is 18.0 Å². The average Bonchev–Trinajstić information content (AvgIpc) is 3.01. The van der Waals surface area contributed by atoms with Gasteiger partial charge in [-0.15, -0.1) is 10.2 Å². The van der Waals surface area contributed by atoms with E-state index in [1.54, 1.807) is 12.4 Å². The van der Waals surface area contributed by atoms with Gasteiger partial charge < -0.3 is 4.90 Å². The Labute approximate surface area is 126 Å². The van der Waals surface area contributed by atoms with Crippen molar-refractivity contribution in [2.45, 2.75) is 13.5 Å². The lowest BCUT2D eigenvalue weighted by molar-refractivity contribution is 0.340. The molecule has 1 aliphatic heterocycles. The Morgan fingerprint density at radius 1 is 1.33 bits per heavy atom. The molecule has 3 aromatic rings. The van der Waals surface area contributed by atoms with Crippen LogP contribution < -0.4 is 4.90 Å². The molecule has 21 heavy (non-hydrogen) atoms. The van der Waals surface area contributed by atoms with Crippen LogP contribution in [0.15, 0.2) is 24.8 Å². The number of hydrogen-bond donors (Lipinski definition) is 0. The lowest BCUT2D eigenvalue weighted by Crippen LogP contribution is -2.49. The van der Waals surface area contributed by atoms with E-state index in [1.165, 1.54) is 0 Å². The summed E-state index contributed by atoms with van der Waals surface area (Å²) in [5.74, 6) is 2.32. The quantitative estimate of drug-likeness (QED) is 0.732. The van der Waals surface area contributed by atoms with Crippen molar-refractivity contribution in [3.05, 3.63) is 35.6 Å². The molecular formula is C13H14ClN7. The minimum Gasteiger partial charge on any atom is -0.353 e. The summed E-state index contributed by atoms with van der Waals surface area (Å²) < 4.78 is 3.85. The van der Waals surface area contributed by atoms with Crippen molar-refractivity contribution in [2.24, 2.45) is 5.92 Å². The molecule has 0 amide bonds. The van der Waals surface area contributed by atoms with Gasteiger partial charge in [0.05, 0.1) is 11.2 Å². The summed E-state index contributed by atoms with van der Waals surface area (Å²) in [7, 11) is 0. The van der Waals surface area contributed by atoms with Crippen LogP contribution in [0.1, 0.15) is 5.82 Å². The highest BCUT2D eigenvalue weighted by molar-refractivity contribution is 6.30. The molecule has 1 aliphatic rings. The topological polar surface area (TPSA) is 64.1 Å². The number of halogens is 1. The van der Waals surface area contributed by atoms with Gasteiger partial charge in [-0.1, -0.05) is 11.6 Å². The lowest BCUT2D eigenvalue weighted by atomic mass is 10.0. The number of nitrogens with zero attached hydrogens (tertiary/aromatic N) is 7. The van der Waals surface area contributed by atoms with Crippen LogP contribution in [0.5, 0.6) is 0 Å². The first-order chi connectivity index (χ1) is 10.2. The monoisotopic (exact) mass is 303 g/mol. The van der Waals surface area contributed by atoms with E-state index in [1.807, 2.05) is 28.4 Å². The second kappa shape index (κ2) is 4.70. The molecule has 108 valence electrons. The van der Waals surface area contributed by atoms with Crippen molar-refractivity contribution in [3.63, 3.8) is 0 Å². The maximum atomic E-state index is 5.88. The van der Waals surface area contributed by atoms with Gasteiger partial charge in [-0.3, -0.25) is 9.08 Å². The predicted octanol–water partition coefficient (Wildman–Crippen LogP) is 1.42. The summed E-state index contributed by atoms with van der Waals surface area (Å²) in [6.07, 6.45) is 7.20. The van der Waals surface area contributed by atoms with Crippen molar-refractivity contribution in [3.8, 4) is 0 Å². The molecule has 0 aliphatic carbocycles. The summed E-state index contributed by atoms with van der Waals surface area (Å²) in [4.78, 5) is 6.67. The van der Waals surface area contributed by atoms with Crippen LogP contribution in [-0.2, 0) is 6.54 Å². The fourth-order valence-corrected chi connectivity index (χ4v) is 2.87. The zero-order chi connectivity index (χ0) is 14.4. The van der Waals surface area contributed by atoms with Crippen LogP contribution in [0.3, 0.4) is 0 Å². The lowest BCUT2D eigenvalue weighted by Gasteiger charge is -2.39. The molecule has 0 atom stereocenters. The van der Waals surface area contributed by atoms with Gasteiger partial charge in [-0.2, -0.15) is 5.10 Å². The van der Waals surface area contributed by atoms with Crippen LogP contribution in [0.4, 0.5) is 5.82 Å². The minimum atomic E-state index is 0.548. The number of anilines is 1. The van der Waals surface area contributed by atoms with Crippen LogP contribution in [0.25, 0.3) is 5.65 Å². The Kier molecular flexibility index (Phi) is 2.81. The molecule has 0 radical (unpaired) electrons. The summed E-state index contributed by atoms with van der Waals surface area (Å²) >= 11 is 5.88. The zero-order valence-corrected chi connectivity index (χ0v) is 12.3. The first kappa shape index (κ1) is 12.6. The zero-order valence-electron chi connectivity index (χ0n) is 11.5. The smallest absolute Gasteiger partial charge is 0.203 e. The van der Waals surface area contributed by atoms with Crippen LogP contribution in [0.2, 0.25) is 5.02 Å². The van der Waals surface area contributed by atoms with Gasteiger partial charge in [0.2, 0.25) is 5.65 Å². The molecule has 0 N–H and O–H groups in total. The van der Waals surface area contributed by atoms with E-state index in [0.29, 0.717) is 10.9 Å². The minimum absolute atomic E-state index is 0.548. The number of hydrogen-bond acceptors (Lipinski definition) is 5. The third-order valence-electron chi connectivity index (χ3n) is 3.78. The Morgan fingerprint density at radius 2 is 2.19 bits per heavy atom. The third kappa shape index (κ3) is 2.13. The standard InChI is InChI=1S/C13H14ClN7/c1-9-17-18-13-12(15-2-3-21(9)13)19-5-10(6-19)7-20-8-11(14)4-16-20/h2-4,8,10H,5-7H2,1H3. The maximum Gasteiger partial charge on any atom is 0.203 e. The van der Waals surface area contributed by atoms with E-state index in [-0.39, 0.29) is 0 Å². The molecule has 8 heteroatoms. The fraction of sp³-hybridized carbons (Fsp3) is 0.385. The molecule has 4 heterocycles. The molecule has 3 aromatic heterocycles. The molecule has 1 fully saturated rings. The average molecular weight is 304 g/mol. The van der Waals surface area contributed by atoms with Gasteiger partial charge >= 0.3 is 0 Å². The molecule has 7 nitrogen and oxygen atoms in total. The number of aryl methyl sites for hydroxylation is 1. The van der Waals surface area contributed by atoms with Gasteiger partial charge in [-0.25, -0.2) is 4.98 Å². The van der Waals surface area contributed by atoms with Crippen molar-refractivity contribution in [1.29, 1.82) is 0 Å². The molecule has 0 bridgehead atoms. The fourth-order valence-electron chi connectivity index (χ4n) is 2.71. The molecule has 0 spiro atoms. The van der Waals surface area contributed by atoms with E-state index in [4.69, 9.17) is 11.6 Å². The maximum absolute atomic E-state index is 5.88. The van der Waals surface area contributed by atoms with Crippen LogP contribution >= 0.6 is 11.6 Å². The molecule has 4 rings (SSSR count). The van der Waals surface area contributed by atoms with Gasteiger partial charge in [0.25, 0.3) is 0 Å². The second-order valence-corrected chi connectivity index (χ2v) is 5.78. The number of aromatic nitrogens is 6. The Hall–Kier alpha value is -2.15. The predicted molar refractivity (Wildman–Crippen MR) is 78.5 cm³/mol. The van der Waals surface area contributed by atoms with E-state index in [2.05, 4.69) is 25.2 Å². The van der Waals surface area contributed by atoms with Gasteiger partial charge in [0, 0.05) is 44.1 Å². The second-order valence-electron chi connectivity index (χ2n) is 5.34. The van der Waals surface area contributed by atoms with E-state index in [0.717, 1.165) is 36.9 Å². The van der Waals surface area contributed by atoms with Gasteiger partial charge in [0.15, 0.2) is 5.82 Å². The third-order valence-corrected chi connectivity index (χ3v) is 3.98. The first-order valence-corrected chi connectivity index (χ1v) is 7.18. The largest absolute Gasteiger partial charge is 0.353 e. The van der Waals surface area contributed by atoms with Crippen molar-refractivity contribution < 1.29 is 0 Å². The highest BCUT2D eigenvalue weighted by Crippen LogP contribution is 2.26. The highest BCUT2D eigenvalue weighted by Gasteiger charge is 2.30. The summed E-state index contributed by atoms with van der Waals surface area (Å²) in [6.45, 7) is 4.69. The molecule has 0 saturated carbocycles. The molecule has 0 unspecified atom stereocenters. The molecule has 0 aromatic carbocycles. The Bertz CT molecular complexity index is 787. The Morgan fingerprint density at radius 3 is 2.95 bits per heavy atom. The van der Waals surface area contributed by atoms with Crippen LogP contribution in [0, 0.1) is 12.8 Å². The molecule has 1 saturated heterocycles. The highest BCUT2D eigenvalue weighted by atomic mass is 35.5. The summed E-state index contributed by atoms with van der Waals surface area (Å²) in [5, 5.41) is 13.2. The SMILES string of the molecule is Cc1nnc2c(N3CC(Cn4cc(Cl)cn4)C3)nccn12. The van der Waals surface area contributed by atoms with E-state index < -0.39 is 0 Å². The summed E-state index contributed by atoms with van der Waals surface area (Å²) in [6, 6.07) is 0. The number of fused-ring (bicyclic) bond motifs is 1. The summed E-state index contributed by atoms with van der Waals surface area (Å²) in [5.41, 5.74) is 0.815. The first-order valence-electron chi connectivity index (χ1n) is 6.80. The van der Waals surface area contributed by atoms with Crippen LogP contribution in [-0.4, -0.2) is 42.5 Å². The van der Waals surface area contributed by atoms with Gasteiger partial charge in [0.1, 0.15) is 5.82 Å². The van der Waals surface area contributed by atoms with E-state index >= 15 is 0 Å². The normalized spacial score (nSPS) is 15.6. The van der Waals surface area contributed by atoms with Gasteiger partial charge in [-0.05, 0) is 6.92 Å². The van der Waals surface area contributed by atoms with Crippen molar-refractivity contribution in [1.82, 2.24) is 29.4 Å². The van der Waals surface area contributed by atoms with E-state index in [9.17, 15) is 0 Å².